The molecule has 2 unspecified atom stereocenters. The molecule has 2 heterocycles. The summed E-state index contributed by atoms with van der Waals surface area (Å²) in [5.74, 6) is 3.86. The molecule has 0 radical (unpaired) electrons. The van der Waals surface area contributed by atoms with Gasteiger partial charge in [0, 0.05) is 23.2 Å². The smallest absolute Gasteiger partial charge is 0.125 e. The highest BCUT2D eigenvalue weighted by Crippen LogP contribution is 2.36. The highest BCUT2D eigenvalue weighted by Gasteiger charge is 2.27. The lowest BCUT2D eigenvalue weighted by Crippen LogP contribution is -2.29. The monoisotopic (exact) mass is 269 g/mol. The third-order valence-corrected chi connectivity index (χ3v) is 5.06. The minimum absolute atomic E-state index is 0.316. The van der Waals surface area contributed by atoms with E-state index < -0.39 is 0 Å². The second-order valence-electron chi connectivity index (χ2n) is 4.82. The summed E-state index contributed by atoms with van der Waals surface area (Å²) in [5.41, 5.74) is 8.62. The molecule has 0 spiro atoms. The molecule has 0 amide bonds. The molecule has 17 heavy (non-hydrogen) atoms. The van der Waals surface area contributed by atoms with Crippen molar-refractivity contribution in [1.82, 2.24) is 0 Å². The minimum Gasteiger partial charge on any atom is -0.493 e. The van der Waals surface area contributed by atoms with E-state index in [1.54, 1.807) is 0 Å². The summed E-state index contributed by atoms with van der Waals surface area (Å²) in [6, 6.07) is 4.38. The van der Waals surface area contributed by atoms with E-state index in [9.17, 15) is 0 Å². The third-order valence-electron chi connectivity index (χ3n) is 3.56. The number of ether oxygens (including phenoxy) is 1. The predicted molar refractivity (Wildman–Crippen MR) is 73.1 cm³/mol. The SMILES string of the molecule is NC1CSCC1Cc1cc(Cl)cc2c1OCC2. The van der Waals surface area contributed by atoms with Crippen molar-refractivity contribution in [3.05, 3.63) is 28.3 Å². The molecule has 1 saturated heterocycles. The van der Waals surface area contributed by atoms with Gasteiger partial charge in [0.05, 0.1) is 6.61 Å². The molecule has 0 aliphatic carbocycles. The van der Waals surface area contributed by atoms with Crippen molar-refractivity contribution in [1.29, 1.82) is 0 Å². The van der Waals surface area contributed by atoms with Gasteiger partial charge < -0.3 is 10.5 Å². The number of halogens is 1. The zero-order valence-electron chi connectivity index (χ0n) is 9.62. The highest BCUT2D eigenvalue weighted by atomic mass is 35.5. The van der Waals surface area contributed by atoms with E-state index >= 15 is 0 Å². The van der Waals surface area contributed by atoms with Crippen molar-refractivity contribution in [3.8, 4) is 5.75 Å². The first kappa shape index (κ1) is 11.7. The molecular weight excluding hydrogens is 254 g/mol. The van der Waals surface area contributed by atoms with Gasteiger partial charge in [0.1, 0.15) is 5.75 Å². The van der Waals surface area contributed by atoms with Gasteiger partial charge in [-0.2, -0.15) is 11.8 Å². The van der Waals surface area contributed by atoms with E-state index in [-0.39, 0.29) is 0 Å². The van der Waals surface area contributed by atoms with Gasteiger partial charge in [-0.05, 0) is 41.4 Å². The molecule has 4 heteroatoms. The van der Waals surface area contributed by atoms with Gasteiger partial charge in [0.15, 0.2) is 0 Å². The van der Waals surface area contributed by atoms with Crippen molar-refractivity contribution in [2.75, 3.05) is 18.1 Å². The molecule has 0 saturated carbocycles. The number of thioether (sulfide) groups is 1. The van der Waals surface area contributed by atoms with E-state index in [0.717, 1.165) is 41.7 Å². The van der Waals surface area contributed by atoms with E-state index in [1.807, 2.05) is 23.9 Å². The summed E-state index contributed by atoms with van der Waals surface area (Å²) >= 11 is 8.11. The Balaban J connectivity index is 1.87. The molecule has 2 aliphatic heterocycles. The first-order chi connectivity index (χ1) is 8.24. The van der Waals surface area contributed by atoms with E-state index in [4.69, 9.17) is 22.1 Å². The maximum atomic E-state index is 6.16. The quantitative estimate of drug-likeness (QED) is 0.896. The fourth-order valence-electron chi connectivity index (χ4n) is 2.61. The first-order valence-corrected chi connectivity index (χ1v) is 7.55. The van der Waals surface area contributed by atoms with Gasteiger partial charge in [-0.25, -0.2) is 0 Å². The Morgan fingerprint density at radius 3 is 3.06 bits per heavy atom. The second kappa shape index (κ2) is 4.71. The summed E-state index contributed by atoms with van der Waals surface area (Å²) in [6.45, 7) is 0.786. The third kappa shape index (κ3) is 2.28. The average molecular weight is 270 g/mol. The van der Waals surface area contributed by atoms with Crippen LogP contribution in [0, 0.1) is 5.92 Å². The Kier molecular flexibility index (Phi) is 3.24. The Hall–Kier alpha value is -0.380. The Morgan fingerprint density at radius 2 is 2.29 bits per heavy atom. The minimum atomic E-state index is 0.316. The standard InChI is InChI=1S/C13H16ClNOS/c14-11-4-8-1-2-16-13(8)9(5-11)3-10-6-17-7-12(10)15/h4-5,10,12H,1-3,6-7,15H2. The van der Waals surface area contributed by atoms with Crippen LogP contribution in [0.25, 0.3) is 0 Å². The number of hydrogen-bond donors (Lipinski definition) is 1. The summed E-state index contributed by atoms with van der Waals surface area (Å²) < 4.78 is 5.72. The Bertz CT molecular complexity index is 438. The fourth-order valence-corrected chi connectivity index (χ4v) is 4.22. The lowest BCUT2D eigenvalue weighted by Gasteiger charge is -2.16. The van der Waals surface area contributed by atoms with Gasteiger partial charge in [-0.1, -0.05) is 11.6 Å². The van der Waals surface area contributed by atoms with Gasteiger partial charge in [0.25, 0.3) is 0 Å². The lowest BCUT2D eigenvalue weighted by atomic mass is 9.94. The van der Waals surface area contributed by atoms with Gasteiger partial charge in [0.2, 0.25) is 0 Å². The number of rotatable bonds is 2. The average Bonchev–Trinajstić information content (AvgIpc) is 2.88. The zero-order valence-corrected chi connectivity index (χ0v) is 11.2. The Morgan fingerprint density at radius 1 is 1.41 bits per heavy atom. The van der Waals surface area contributed by atoms with Gasteiger partial charge in [-0.15, -0.1) is 0 Å². The molecule has 2 aliphatic rings. The molecular formula is C13H16ClNOS. The van der Waals surface area contributed by atoms with Crippen molar-refractivity contribution in [2.45, 2.75) is 18.9 Å². The van der Waals surface area contributed by atoms with E-state index in [1.165, 1.54) is 11.1 Å². The van der Waals surface area contributed by atoms with Crippen molar-refractivity contribution < 1.29 is 4.74 Å². The van der Waals surface area contributed by atoms with Crippen LogP contribution in [-0.2, 0) is 12.8 Å². The first-order valence-electron chi connectivity index (χ1n) is 6.01. The van der Waals surface area contributed by atoms with Crippen LogP contribution in [0.4, 0.5) is 0 Å². The number of fused-ring (bicyclic) bond motifs is 1. The Labute approximate surface area is 111 Å². The van der Waals surface area contributed by atoms with Crippen LogP contribution in [0.3, 0.4) is 0 Å². The largest absolute Gasteiger partial charge is 0.493 e. The predicted octanol–water partition coefficient (Wildman–Crippen LogP) is 2.51. The molecule has 2 N–H and O–H groups in total. The fraction of sp³-hybridized carbons (Fsp3) is 0.538. The molecule has 92 valence electrons. The molecule has 1 fully saturated rings. The van der Waals surface area contributed by atoms with Crippen molar-refractivity contribution in [3.63, 3.8) is 0 Å². The molecule has 0 bridgehead atoms. The number of hydrogen-bond acceptors (Lipinski definition) is 3. The van der Waals surface area contributed by atoms with Crippen LogP contribution in [0.2, 0.25) is 5.02 Å². The molecule has 1 aromatic carbocycles. The number of nitrogens with two attached hydrogens (primary N) is 1. The van der Waals surface area contributed by atoms with Crippen LogP contribution >= 0.6 is 23.4 Å². The van der Waals surface area contributed by atoms with Crippen molar-refractivity contribution >= 4 is 23.4 Å². The number of benzene rings is 1. The summed E-state index contributed by atoms with van der Waals surface area (Å²) in [7, 11) is 0. The molecule has 2 nitrogen and oxygen atoms in total. The topological polar surface area (TPSA) is 35.2 Å². The molecule has 1 aromatic rings. The maximum absolute atomic E-state index is 6.16. The summed E-state index contributed by atoms with van der Waals surface area (Å²) in [5, 5.41) is 0.823. The second-order valence-corrected chi connectivity index (χ2v) is 6.33. The van der Waals surface area contributed by atoms with E-state index in [0.29, 0.717) is 12.0 Å². The van der Waals surface area contributed by atoms with Crippen LogP contribution in [0.15, 0.2) is 12.1 Å². The summed E-state index contributed by atoms with van der Waals surface area (Å²) in [4.78, 5) is 0. The van der Waals surface area contributed by atoms with Crippen molar-refractivity contribution in [2.24, 2.45) is 11.7 Å². The van der Waals surface area contributed by atoms with Gasteiger partial charge >= 0.3 is 0 Å². The molecule has 0 aromatic heterocycles. The molecule has 3 rings (SSSR count). The normalized spacial score (nSPS) is 26.9. The maximum Gasteiger partial charge on any atom is 0.125 e. The summed E-state index contributed by atoms with van der Waals surface area (Å²) in [6.07, 6.45) is 1.98. The lowest BCUT2D eigenvalue weighted by molar-refractivity contribution is 0.350. The van der Waals surface area contributed by atoms with Crippen LogP contribution in [-0.4, -0.2) is 24.2 Å². The van der Waals surface area contributed by atoms with Crippen LogP contribution in [0.5, 0.6) is 5.75 Å². The van der Waals surface area contributed by atoms with E-state index in [2.05, 4.69) is 0 Å². The highest BCUT2D eigenvalue weighted by molar-refractivity contribution is 7.99. The van der Waals surface area contributed by atoms with Gasteiger partial charge in [-0.3, -0.25) is 0 Å². The van der Waals surface area contributed by atoms with Crippen LogP contribution < -0.4 is 10.5 Å². The van der Waals surface area contributed by atoms with Crippen LogP contribution in [0.1, 0.15) is 11.1 Å². The zero-order chi connectivity index (χ0) is 11.8. The molecule has 2 atom stereocenters.